The number of nitrogens with zero attached hydrogens (tertiary/aromatic N) is 1. The van der Waals surface area contributed by atoms with Crippen molar-refractivity contribution < 1.29 is 9.47 Å². The molecule has 1 aromatic heterocycles. The second-order valence-electron chi connectivity index (χ2n) is 4.68. The van der Waals surface area contributed by atoms with Crippen molar-refractivity contribution >= 4 is 22.9 Å². The van der Waals surface area contributed by atoms with Crippen molar-refractivity contribution in [2.24, 2.45) is 0 Å². The Bertz CT molecular complexity index is 609. The summed E-state index contributed by atoms with van der Waals surface area (Å²) in [6, 6.07) is 3.81. The summed E-state index contributed by atoms with van der Waals surface area (Å²) in [7, 11) is 3.50. The van der Waals surface area contributed by atoms with E-state index in [4.69, 9.17) is 21.1 Å². The monoisotopic (exact) mass is 326 g/mol. The molecule has 1 heterocycles. The average molecular weight is 327 g/mol. The maximum Gasteiger partial charge on any atom is 0.180 e. The van der Waals surface area contributed by atoms with Crippen LogP contribution in [0.15, 0.2) is 12.1 Å². The summed E-state index contributed by atoms with van der Waals surface area (Å²) in [6.45, 7) is 5.16. The Morgan fingerprint density at radius 1 is 1.33 bits per heavy atom. The SMILES string of the molecule is CNCc1cc(Cl)c(OCc2nc(C)c(C)s2)c(OC)c1. The van der Waals surface area contributed by atoms with Crippen LogP contribution in [0.4, 0.5) is 0 Å². The third-order valence-electron chi connectivity index (χ3n) is 3.08. The van der Waals surface area contributed by atoms with Gasteiger partial charge in [-0.15, -0.1) is 11.3 Å². The first kappa shape index (κ1) is 16.1. The van der Waals surface area contributed by atoms with Gasteiger partial charge in [-0.1, -0.05) is 11.6 Å². The number of rotatable bonds is 6. The number of thiazole rings is 1. The van der Waals surface area contributed by atoms with E-state index in [2.05, 4.69) is 17.2 Å². The minimum Gasteiger partial charge on any atom is -0.493 e. The standard InChI is InChI=1S/C15H19ClN2O2S/c1-9-10(2)21-14(18-9)8-20-15-12(16)5-11(7-17-3)6-13(15)19-4/h5-6,17H,7-8H2,1-4H3. The van der Waals surface area contributed by atoms with Gasteiger partial charge in [-0.25, -0.2) is 4.98 Å². The number of aromatic nitrogens is 1. The van der Waals surface area contributed by atoms with E-state index in [9.17, 15) is 0 Å². The quantitative estimate of drug-likeness (QED) is 0.878. The molecule has 2 aromatic rings. The molecular weight excluding hydrogens is 308 g/mol. The smallest absolute Gasteiger partial charge is 0.180 e. The molecule has 0 atom stereocenters. The van der Waals surface area contributed by atoms with E-state index in [0.29, 0.717) is 23.1 Å². The molecule has 2 rings (SSSR count). The second-order valence-corrected chi connectivity index (χ2v) is 6.37. The summed E-state index contributed by atoms with van der Waals surface area (Å²) < 4.78 is 11.2. The molecule has 0 saturated heterocycles. The van der Waals surface area contributed by atoms with Crippen LogP contribution in [0, 0.1) is 13.8 Å². The molecule has 0 amide bonds. The lowest BCUT2D eigenvalue weighted by Gasteiger charge is -2.13. The van der Waals surface area contributed by atoms with E-state index >= 15 is 0 Å². The number of halogens is 1. The molecule has 21 heavy (non-hydrogen) atoms. The summed E-state index contributed by atoms with van der Waals surface area (Å²) in [5.74, 6) is 1.20. The van der Waals surface area contributed by atoms with Crippen molar-refractivity contribution in [1.29, 1.82) is 0 Å². The van der Waals surface area contributed by atoms with Crippen LogP contribution in [-0.4, -0.2) is 19.1 Å². The van der Waals surface area contributed by atoms with Crippen LogP contribution < -0.4 is 14.8 Å². The zero-order chi connectivity index (χ0) is 15.4. The van der Waals surface area contributed by atoms with Gasteiger partial charge in [0.25, 0.3) is 0 Å². The van der Waals surface area contributed by atoms with Crippen LogP contribution >= 0.6 is 22.9 Å². The fraction of sp³-hybridized carbons (Fsp3) is 0.400. The molecular formula is C15H19ClN2O2S. The second kappa shape index (κ2) is 7.11. The Labute approximate surface area is 134 Å². The number of methoxy groups -OCH3 is 1. The topological polar surface area (TPSA) is 43.4 Å². The van der Waals surface area contributed by atoms with Gasteiger partial charge in [-0.2, -0.15) is 0 Å². The van der Waals surface area contributed by atoms with Gasteiger partial charge in [-0.05, 0) is 38.6 Å². The van der Waals surface area contributed by atoms with Gasteiger partial charge < -0.3 is 14.8 Å². The van der Waals surface area contributed by atoms with Gasteiger partial charge in [0.15, 0.2) is 11.5 Å². The van der Waals surface area contributed by atoms with E-state index in [1.807, 2.05) is 26.1 Å². The Morgan fingerprint density at radius 3 is 2.67 bits per heavy atom. The Hall–Kier alpha value is -1.30. The van der Waals surface area contributed by atoms with Crippen molar-refractivity contribution in [2.75, 3.05) is 14.2 Å². The predicted molar refractivity (Wildman–Crippen MR) is 86.7 cm³/mol. The van der Waals surface area contributed by atoms with E-state index in [1.54, 1.807) is 18.4 Å². The van der Waals surface area contributed by atoms with Gasteiger partial charge >= 0.3 is 0 Å². The highest BCUT2D eigenvalue weighted by Gasteiger charge is 2.13. The Balaban J connectivity index is 2.18. The van der Waals surface area contributed by atoms with Gasteiger partial charge in [0.05, 0.1) is 17.8 Å². The van der Waals surface area contributed by atoms with Gasteiger partial charge in [-0.3, -0.25) is 0 Å². The van der Waals surface area contributed by atoms with Crippen molar-refractivity contribution in [1.82, 2.24) is 10.3 Å². The van der Waals surface area contributed by atoms with Crippen molar-refractivity contribution in [3.8, 4) is 11.5 Å². The molecule has 114 valence electrons. The summed E-state index contributed by atoms with van der Waals surface area (Å²) in [5.41, 5.74) is 2.09. The van der Waals surface area contributed by atoms with Crippen molar-refractivity contribution in [2.45, 2.75) is 27.0 Å². The highest BCUT2D eigenvalue weighted by molar-refractivity contribution is 7.11. The molecule has 1 N–H and O–H groups in total. The highest BCUT2D eigenvalue weighted by atomic mass is 35.5. The van der Waals surface area contributed by atoms with Gasteiger partial charge in [0, 0.05) is 11.4 Å². The molecule has 1 aromatic carbocycles. The molecule has 6 heteroatoms. The maximum atomic E-state index is 6.30. The van der Waals surface area contributed by atoms with Crippen molar-refractivity contribution in [3.05, 3.63) is 38.3 Å². The summed E-state index contributed by atoms with van der Waals surface area (Å²) in [6.07, 6.45) is 0. The lowest BCUT2D eigenvalue weighted by Crippen LogP contribution is -2.06. The number of ether oxygens (including phenoxy) is 2. The van der Waals surface area contributed by atoms with Crippen LogP contribution in [0.2, 0.25) is 5.02 Å². The molecule has 0 spiro atoms. The van der Waals surface area contributed by atoms with Crippen LogP contribution in [0.1, 0.15) is 21.1 Å². The molecule has 0 unspecified atom stereocenters. The lowest BCUT2D eigenvalue weighted by atomic mass is 10.2. The summed E-state index contributed by atoms with van der Waals surface area (Å²) in [5, 5.41) is 4.56. The van der Waals surface area contributed by atoms with E-state index < -0.39 is 0 Å². The fourth-order valence-corrected chi connectivity index (χ4v) is 3.09. The first-order chi connectivity index (χ1) is 10.0. The molecule has 0 saturated carbocycles. The summed E-state index contributed by atoms with van der Waals surface area (Å²) >= 11 is 7.94. The molecule has 0 bridgehead atoms. The largest absolute Gasteiger partial charge is 0.493 e. The third-order valence-corrected chi connectivity index (χ3v) is 4.41. The van der Waals surface area contributed by atoms with Crippen LogP contribution in [-0.2, 0) is 13.2 Å². The molecule has 4 nitrogen and oxygen atoms in total. The normalized spacial score (nSPS) is 10.7. The molecule has 0 fully saturated rings. The Kier molecular flexibility index (Phi) is 5.45. The molecule has 0 aliphatic heterocycles. The molecule has 0 aliphatic carbocycles. The third kappa shape index (κ3) is 3.87. The lowest BCUT2D eigenvalue weighted by molar-refractivity contribution is 0.284. The first-order valence-corrected chi connectivity index (χ1v) is 7.81. The zero-order valence-corrected chi connectivity index (χ0v) is 14.2. The van der Waals surface area contributed by atoms with Crippen molar-refractivity contribution in [3.63, 3.8) is 0 Å². The summed E-state index contributed by atoms with van der Waals surface area (Å²) in [4.78, 5) is 5.66. The van der Waals surface area contributed by atoms with Gasteiger partial charge in [0.2, 0.25) is 0 Å². The number of nitrogens with one attached hydrogen (secondary N) is 1. The van der Waals surface area contributed by atoms with E-state index in [0.717, 1.165) is 22.8 Å². The Morgan fingerprint density at radius 2 is 2.10 bits per heavy atom. The number of hydrogen-bond donors (Lipinski definition) is 1. The zero-order valence-electron chi connectivity index (χ0n) is 12.6. The highest BCUT2D eigenvalue weighted by Crippen LogP contribution is 2.37. The number of aryl methyl sites for hydroxylation is 2. The minimum atomic E-state index is 0.390. The minimum absolute atomic E-state index is 0.390. The van der Waals surface area contributed by atoms with E-state index in [1.165, 1.54) is 4.88 Å². The fourth-order valence-electron chi connectivity index (χ4n) is 1.95. The maximum absolute atomic E-state index is 6.30. The average Bonchev–Trinajstić information content (AvgIpc) is 2.76. The predicted octanol–water partition coefficient (Wildman–Crippen LogP) is 3.72. The number of benzene rings is 1. The van der Waals surface area contributed by atoms with E-state index in [-0.39, 0.29) is 0 Å². The van der Waals surface area contributed by atoms with Gasteiger partial charge in [0.1, 0.15) is 11.6 Å². The molecule has 0 radical (unpaired) electrons. The first-order valence-electron chi connectivity index (χ1n) is 6.61. The molecule has 0 aliphatic rings. The number of hydrogen-bond acceptors (Lipinski definition) is 5. The van der Waals surface area contributed by atoms with Crippen LogP contribution in [0.5, 0.6) is 11.5 Å². The van der Waals surface area contributed by atoms with Crippen LogP contribution in [0.3, 0.4) is 0 Å². The van der Waals surface area contributed by atoms with Crippen LogP contribution in [0.25, 0.3) is 0 Å².